The van der Waals surface area contributed by atoms with Gasteiger partial charge in [0.25, 0.3) is 0 Å². The smallest absolute Gasteiger partial charge is 0.407 e. The highest BCUT2D eigenvalue weighted by atomic mass is 16.5. The summed E-state index contributed by atoms with van der Waals surface area (Å²) in [5, 5.41) is 15.0. The van der Waals surface area contributed by atoms with E-state index >= 15 is 0 Å². The minimum Gasteiger partial charge on any atom is -0.481 e. The van der Waals surface area contributed by atoms with Crippen molar-refractivity contribution in [3.05, 3.63) is 95.6 Å². The molecule has 3 aromatic carbocycles. The van der Waals surface area contributed by atoms with Crippen LogP contribution in [0.1, 0.15) is 49.8 Å². The van der Waals surface area contributed by atoms with Crippen LogP contribution in [0.15, 0.2) is 78.9 Å². The van der Waals surface area contributed by atoms with Crippen molar-refractivity contribution in [3.63, 3.8) is 0 Å². The molecule has 0 spiro atoms. The van der Waals surface area contributed by atoms with Gasteiger partial charge in [0.15, 0.2) is 0 Å². The molecule has 3 aromatic rings. The number of ether oxygens (including phenoxy) is 1. The number of alkyl carbamates (subject to hydrolysis) is 1. The predicted molar refractivity (Wildman–Crippen MR) is 158 cm³/mol. The third-order valence-corrected chi connectivity index (χ3v) is 7.48. The number of carbonyl (C=O) groups is 3. The zero-order chi connectivity index (χ0) is 29.6. The summed E-state index contributed by atoms with van der Waals surface area (Å²) in [6.07, 6.45) is -0.932. The third kappa shape index (κ3) is 7.73. The van der Waals surface area contributed by atoms with Gasteiger partial charge in [-0.05, 0) is 40.3 Å². The summed E-state index contributed by atoms with van der Waals surface area (Å²) in [7, 11) is 1.87. The standard InChI is InChI=1S/C33H39N3O5/c1-33(2,3)29(18-30(37)38)35-31(39)28(20-36(4)19-22-12-6-5-7-13-22)34-32(40)41-21-27-25-16-10-8-14-23(25)24-15-9-11-17-26(24)27/h5-17,27-29H,18-21H2,1-4H3,(H,34,40)(H,35,39)(H,37,38). The van der Waals surface area contributed by atoms with E-state index in [1.165, 1.54) is 0 Å². The van der Waals surface area contributed by atoms with Crippen molar-refractivity contribution < 1.29 is 24.2 Å². The first-order chi connectivity index (χ1) is 19.5. The predicted octanol–water partition coefficient (Wildman–Crippen LogP) is 5.03. The van der Waals surface area contributed by atoms with Gasteiger partial charge in [0.05, 0.1) is 6.42 Å². The number of nitrogens with zero attached hydrogens (tertiary/aromatic N) is 1. The Labute approximate surface area is 241 Å². The summed E-state index contributed by atoms with van der Waals surface area (Å²) in [5.41, 5.74) is 5.01. The zero-order valence-electron chi connectivity index (χ0n) is 24.1. The number of aliphatic carboxylic acids is 1. The molecule has 2 unspecified atom stereocenters. The van der Waals surface area contributed by atoms with Gasteiger partial charge < -0.3 is 20.5 Å². The van der Waals surface area contributed by atoms with E-state index in [-0.39, 0.29) is 25.5 Å². The normalized spacial score (nSPS) is 14.1. The van der Waals surface area contributed by atoms with Gasteiger partial charge in [0.1, 0.15) is 12.6 Å². The van der Waals surface area contributed by atoms with Gasteiger partial charge >= 0.3 is 12.1 Å². The van der Waals surface area contributed by atoms with E-state index in [0.717, 1.165) is 27.8 Å². The van der Waals surface area contributed by atoms with Crippen LogP contribution in [0.3, 0.4) is 0 Å². The molecular formula is C33H39N3O5. The number of benzene rings is 3. The molecule has 0 saturated heterocycles. The Kier molecular flexibility index (Phi) is 9.45. The maximum atomic E-state index is 13.5. The Morgan fingerprint density at radius 3 is 2.00 bits per heavy atom. The van der Waals surface area contributed by atoms with Gasteiger partial charge in [-0.3, -0.25) is 14.5 Å². The lowest BCUT2D eigenvalue weighted by Crippen LogP contribution is -2.56. The lowest BCUT2D eigenvalue weighted by molar-refractivity contribution is -0.138. The monoisotopic (exact) mass is 557 g/mol. The van der Waals surface area contributed by atoms with Gasteiger partial charge in [0, 0.05) is 25.0 Å². The molecular weight excluding hydrogens is 518 g/mol. The maximum Gasteiger partial charge on any atom is 0.407 e. The Hall–Kier alpha value is -4.17. The van der Waals surface area contributed by atoms with E-state index in [0.29, 0.717) is 6.54 Å². The van der Waals surface area contributed by atoms with Crippen molar-refractivity contribution in [2.75, 3.05) is 20.2 Å². The van der Waals surface area contributed by atoms with Crippen molar-refractivity contribution in [1.29, 1.82) is 0 Å². The van der Waals surface area contributed by atoms with Crippen LogP contribution in [0.2, 0.25) is 0 Å². The molecule has 0 fully saturated rings. The molecule has 2 atom stereocenters. The second-order valence-electron chi connectivity index (χ2n) is 11.7. The number of carboxylic acids is 1. The first-order valence-electron chi connectivity index (χ1n) is 13.9. The topological polar surface area (TPSA) is 108 Å². The molecule has 216 valence electrons. The van der Waals surface area contributed by atoms with Gasteiger partial charge in [-0.25, -0.2) is 4.79 Å². The van der Waals surface area contributed by atoms with E-state index in [1.807, 2.05) is 99.4 Å². The van der Waals surface area contributed by atoms with E-state index in [1.54, 1.807) is 0 Å². The Morgan fingerprint density at radius 1 is 0.878 bits per heavy atom. The number of rotatable bonds is 11. The second-order valence-corrected chi connectivity index (χ2v) is 11.7. The van der Waals surface area contributed by atoms with Gasteiger partial charge in [-0.15, -0.1) is 0 Å². The van der Waals surface area contributed by atoms with E-state index in [2.05, 4.69) is 22.8 Å². The first-order valence-corrected chi connectivity index (χ1v) is 13.9. The molecule has 3 N–H and O–H groups in total. The summed E-state index contributed by atoms with van der Waals surface area (Å²) in [5.74, 6) is -1.57. The van der Waals surface area contributed by atoms with Crippen LogP contribution in [-0.2, 0) is 20.9 Å². The zero-order valence-corrected chi connectivity index (χ0v) is 24.1. The fourth-order valence-electron chi connectivity index (χ4n) is 5.27. The number of likely N-dealkylation sites (N-methyl/N-ethyl adjacent to an activating group) is 1. The minimum absolute atomic E-state index is 0.109. The highest BCUT2D eigenvalue weighted by Gasteiger charge is 2.33. The van der Waals surface area contributed by atoms with Crippen molar-refractivity contribution >= 4 is 18.0 Å². The Morgan fingerprint density at radius 2 is 1.44 bits per heavy atom. The fourth-order valence-corrected chi connectivity index (χ4v) is 5.27. The molecule has 1 aliphatic rings. The number of hydrogen-bond donors (Lipinski definition) is 3. The summed E-state index contributed by atoms with van der Waals surface area (Å²) in [6, 6.07) is 24.4. The van der Waals surface area contributed by atoms with Crippen LogP contribution in [-0.4, -0.2) is 60.3 Å². The van der Waals surface area contributed by atoms with Crippen molar-refractivity contribution in [1.82, 2.24) is 15.5 Å². The number of amides is 2. The van der Waals surface area contributed by atoms with Crippen LogP contribution in [0.4, 0.5) is 4.79 Å². The average Bonchev–Trinajstić information content (AvgIpc) is 3.24. The molecule has 41 heavy (non-hydrogen) atoms. The summed E-state index contributed by atoms with van der Waals surface area (Å²) >= 11 is 0. The van der Waals surface area contributed by atoms with Crippen LogP contribution >= 0.6 is 0 Å². The van der Waals surface area contributed by atoms with E-state index in [9.17, 15) is 19.5 Å². The average molecular weight is 558 g/mol. The van der Waals surface area contributed by atoms with Crippen molar-refractivity contribution in [2.24, 2.45) is 5.41 Å². The largest absolute Gasteiger partial charge is 0.481 e. The molecule has 0 saturated carbocycles. The van der Waals surface area contributed by atoms with Crippen LogP contribution in [0.25, 0.3) is 11.1 Å². The highest BCUT2D eigenvalue weighted by molar-refractivity contribution is 5.86. The second kappa shape index (κ2) is 13.0. The summed E-state index contributed by atoms with van der Waals surface area (Å²) < 4.78 is 5.71. The van der Waals surface area contributed by atoms with Crippen LogP contribution in [0.5, 0.6) is 0 Å². The molecule has 1 aliphatic carbocycles. The van der Waals surface area contributed by atoms with Crippen molar-refractivity contribution in [3.8, 4) is 11.1 Å². The van der Waals surface area contributed by atoms with E-state index < -0.39 is 35.5 Å². The molecule has 0 heterocycles. The number of carboxylic acid groups (broad SMARTS) is 1. The molecule has 0 bridgehead atoms. The van der Waals surface area contributed by atoms with Gasteiger partial charge in [-0.1, -0.05) is 99.6 Å². The maximum absolute atomic E-state index is 13.5. The minimum atomic E-state index is -1.01. The molecule has 2 amide bonds. The highest BCUT2D eigenvalue weighted by Crippen LogP contribution is 2.44. The molecule has 0 radical (unpaired) electrons. The summed E-state index contributed by atoms with van der Waals surface area (Å²) in [4.78, 5) is 40.0. The van der Waals surface area contributed by atoms with Crippen LogP contribution in [0, 0.1) is 5.41 Å². The van der Waals surface area contributed by atoms with E-state index in [4.69, 9.17) is 4.74 Å². The lowest BCUT2D eigenvalue weighted by Gasteiger charge is -2.32. The van der Waals surface area contributed by atoms with Gasteiger partial charge in [0.2, 0.25) is 5.91 Å². The third-order valence-electron chi connectivity index (χ3n) is 7.48. The summed E-state index contributed by atoms with van der Waals surface area (Å²) in [6.45, 7) is 6.50. The number of nitrogens with one attached hydrogen (secondary N) is 2. The number of carbonyl (C=O) groups excluding carboxylic acids is 2. The SMILES string of the molecule is CN(Cc1ccccc1)CC(NC(=O)OCC1c2ccccc2-c2ccccc21)C(=O)NC(CC(=O)O)C(C)(C)C. The molecule has 0 aliphatic heterocycles. The quantitative estimate of drug-likeness (QED) is 0.305. The Bertz CT molecular complexity index is 1320. The Balaban J connectivity index is 1.47. The molecule has 0 aromatic heterocycles. The van der Waals surface area contributed by atoms with Gasteiger partial charge in [-0.2, -0.15) is 0 Å². The molecule has 8 nitrogen and oxygen atoms in total. The van der Waals surface area contributed by atoms with Crippen molar-refractivity contribution in [2.45, 2.75) is 51.7 Å². The lowest BCUT2D eigenvalue weighted by atomic mass is 9.84. The van der Waals surface area contributed by atoms with Crippen LogP contribution < -0.4 is 10.6 Å². The molecule has 8 heteroatoms. The fraction of sp³-hybridized carbons (Fsp3) is 0.364. The number of hydrogen-bond acceptors (Lipinski definition) is 5. The number of fused-ring (bicyclic) bond motifs is 3. The first kappa shape index (κ1) is 29.8. The molecule has 4 rings (SSSR count).